The van der Waals surface area contributed by atoms with Crippen LogP contribution in [-0.4, -0.2) is 65.5 Å². The van der Waals surface area contributed by atoms with Crippen molar-refractivity contribution < 1.29 is 14.3 Å². The number of carbonyl (C=O) groups excluding carboxylic acids is 2. The zero-order chi connectivity index (χ0) is 19.7. The van der Waals surface area contributed by atoms with Gasteiger partial charge in [-0.2, -0.15) is 0 Å². The van der Waals surface area contributed by atoms with Crippen LogP contribution in [-0.2, 0) is 22.4 Å². The fraction of sp³-hybridized carbons (Fsp3) is 0.545. The smallest absolute Gasteiger partial charge is 0.338 e. The van der Waals surface area contributed by atoms with Gasteiger partial charge in [0, 0.05) is 42.8 Å². The van der Waals surface area contributed by atoms with E-state index in [2.05, 4.69) is 16.8 Å². The number of nitrogens with one attached hydrogen (secondary N) is 1. The second-order valence-corrected chi connectivity index (χ2v) is 7.86. The molecular weight excluding hydrogens is 354 g/mol. The number of nitrogens with zero attached hydrogens (tertiary/aromatic N) is 2. The number of hydrogen-bond donors (Lipinski definition) is 1. The van der Waals surface area contributed by atoms with Crippen molar-refractivity contribution in [1.82, 2.24) is 14.8 Å². The number of aromatic nitrogens is 1. The van der Waals surface area contributed by atoms with Gasteiger partial charge in [-0.3, -0.25) is 4.79 Å². The van der Waals surface area contributed by atoms with E-state index >= 15 is 0 Å². The Bertz CT molecular complexity index is 881. The second kappa shape index (κ2) is 7.95. The van der Waals surface area contributed by atoms with Crippen LogP contribution in [0.5, 0.6) is 0 Å². The molecule has 1 amide bonds. The van der Waals surface area contributed by atoms with Crippen LogP contribution in [0, 0.1) is 0 Å². The molecule has 0 unspecified atom stereocenters. The molecule has 150 valence electrons. The minimum atomic E-state index is -0.767. The summed E-state index contributed by atoms with van der Waals surface area (Å²) in [4.78, 5) is 32.9. The summed E-state index contributed by atoms with van der Waals surface area (Å²) in [5, 5.41) is 1.11. The van der Waals surface area contributed by atoms with Crippen LogP contribution >= 0.6 is 0 Å². The maximum atomic E-state index is 12.7. The Kier molecular flexibility index (Phi) is 5.40. The maximum absolute atomic E-state index is 12.7. The third kappa shape index (κ3) is 3.65. The lowest BCUT2D eigenvalue weighted by molar-refractivity contribution is -0.141. The highest BCUT2D eigenvalue weighted by molar-refractivity contribution is 5.97. The minimum Gasteiger partial charge on any atom is -0.449 e. The number of aromatic amines is 1. The summed E-state index contributed by atoms with van der Waals surface area (Å²) in [6.07, 6.45) is 3.75. The Hall–Kier alpha value is -2.34. The molecule has 2 aliphatic rings. The third-order valence-electron chi connectivity index (χ3n) is 6.10. The van der Waals surface area contributed by atoms with Crippen molar-refractivity contribution in [3.8, 4) is 0 Å². The molecule has 6 nitrogen and oxygen atoms in total. The Balaban J connectivity index is 1.43. The lowest BCUT2D eigenvalue weighted by Crippen LogP contribution is -2.51. The molecule has 1 aromatic heterocycles. The van der Waals surface area contributed by atoms with Crippen molar-refractivity contribution in [2.45, 2.75) is 45.6 Å². The van der Waals surface area contributed by atoms with E-state index in [9.17, 15) is 9.59 Å². The highest BCUT2D eigenvalue weighted by Gasteiger charge is 2.27. The summed E-state index contributed by atoms with van der Waals surface area (Å²) in [5.41, 5.74) is 4.20. The van der Waals surface area contributed by atoms with Gasteiger partial charge in [0.05, 0.1) is 5.56 Å². The molecule has 6 heteroatoms. The SMILES string of the molecule is CCN1CCN(C(=O)[C@@H](C)OC(=O)c2ccc3[nH]c4c(c3c2)CCCC4)CC1. The number of benzene rings is 1. The number of hydrogen-bond acceptors (Lipinski definition) is 4. The van der Waals surface area contributed by atoms with E-state index < -0.39 is 12.1 Å². The van der Waals surface area contributed by atoms with Crippen LogP contribution in [0.15, 0.2) is 18.2 Å². The number of carbonyl (C=O) groups is 2. The van der Waals surface area contributed by atoms with Crippen LogP contribution in [0.2, 0.25) is 0 Å². The van der Waals surface area contributed by atoms with Crippen molar-refractivity contribution in [3.05, 3.63) is 35.0 Å². The van der Waals surface area contributed by atoms with Gasteiger partial charge in [-0.15, -0.1) is 0 Å². The monoisotopic (exact) mass is 383 g/mol. The first kappa shape index (κ1) is 19.0. The zero-order valence-corrected chi connectivity index (χ0v) is 16.8. The van der Waals surface area contributed by atoms with Gasteiger partial charge in [-0.1, -0.05) is 6.92 Å². The number of esters is 1. The number of fused-ring (bicyclic) bond motifs is 3. The molecule has 1 fully saturated rings. The number of aryl methyl sites for hydroxylation is 2. The van der Waals surface area contributed by atoms with Gasteiger partial charge in [0.15, 0.2) is 6.10 Å². The molecule has 1 aliphatic carbocycles. The van der Waals surface area contributed by atoms with Gasteiger partial charge in [0.2, 0.25) is 0 Å². The van der Waals surface area contributed by atoms with E-state index in [1.165, 1.54) is 24.1 Å². The van der Waals surface area contributed by atoms with E-state index in [1.54, 1.807) is 17.9 Å². The molecule has 0 saturated carbocycles. The molecule has 1 aliphatic heterocycles. The van der Waals surface area contributed by atoms with Crippen LogP contribution in [0.4, 0.5) is 0 Å². The van der Waals surface area contributed by atoms with Crippen molar-refractivity contribution in [3.63, 3.8) is 0 Å². The normalized spacial score (nSPS) is 18.7. The zero-order valence-electron chi connectivity index (χ0n) is 16.8. The molecule has 4 rings (SSSR count). The molecule has 1 atom stereocenters. The van der Waals surface area contributed by atoms with Crippen LogP contribution in [0.1, 0.15) is 48.3 Å². The number of amides is 1. The number of piperazine rings is 1. The predicted molar refractivity (Wildman–Crippen MR) is 109 cm³/mol. The summed E-state index contributed by atoms with van der Waals surface area (Å²) in [6.45, 7) is 7.92. The Morgan fingerprint density at radius 2 is 1.89 bits per heavy atom. The summed E-state index contributed by atoms with van der Waals surface area (Å²) in [6, 6.07) is 5.64. The fourth-order valence-corrected chi connectivity index (χ4v) is 4.35. The Morgan fingerprint density at radius 1 is 1.14 bits per heavy atom. The van der Waals surface area contributed by atoms with E-state index in [4.69, 9.17) is 4.74 Å². The van der Waals surface area contributed by atoms with Gasteiger partial charge < -0.3 is 19.5 Å². The average molecular weight is 383 g/mol. The van der Waals surface area contributed by atoms with Crippen molar-refractivity contribution in [1.29, 1.82) is 0 Å². The molecule has 1 N–H and O–H groups in total. The van der Waals surface area contributed by atoms with Gasteiger partial charge in [-0.25, -0.2) is 4.79 Å². The van der Waals surface area contributed by atoms with Crippen molar-refractivity contribution in [2.24, 2.45) is 0 Å². The molecule has 0 radical (unpaired) electrons. The summed E-state index contributed by atoms with van der Waals surface area (Å²) in [5.74, 6) is -0.537. The molecule has 2 heterocycles. The van der Waals surface area contributed by atoms with Crippen LogP contribution < -0.4 is 0 Å². The van der Waals surface area contributed by atoms with E-state index in [-0.39, 0.29) is 5.91 Å². The maximum Gasteiger partial charge on any atom is 0.338 e. The van der Waals surface area contributed by atoms with E-state index in [0.717, 1.165) is 43.4 Å². The van der Waals surface area contributed by atoms with Crippen molar-refractivity contribution >= 4 is 22.8 Å². The second-order valence-electron chi connectivity index (χ2n) is 7.86. The minimum absolute atomic E-state index is 0.107. The predicted octanol–water partition coefficient (Wildman–Crippen LogP) is 2.76. The van der Waals surface area contributed by atoms with Crippen LogP contribution in [0.25, 0.3) is 10.9 Å². The summed E-state index contributed by atoms with van der Waals surface area (Å²) in [7, 11) is 0. The number of ether oxygens (including phenoxy) is 1. The largest absolute Gasteiger partial charge is 0.449 e. The highest BCUT2D eigenvalue weighted by atomic mass is 16.5. The van der Waals surface area contributed by atoms with Gasteiger partial charge >= 0.3 is 5.97 Å². The molecular formula is C22H29N3O3. The number of likely N-dealkylation sites (N-methyl/N-ethyl adjacent to an activating group) is 1. The van der Waals surface area contributed by atoms with Gasteiger partial charge in [0.25, 0.3) is 5.91 Å². The van der Waals surface area contributed by atoms with Crippen molar-refractivity contribution in [2.75, 3.05) is 32.7 Å². The van der Waals surface area contributed by atoms with E-state index in [1.807, 2.05) is 12.1 Å². The molecule has 2 aromatic rings. The lowest BCUT2D eigenvalue weighted by atomic mass is 9.95. The molecule has 0 spiro atoms. The topological polar surface area (TPSA) is 65.6 Å². The summed E-state index contributed by atoms with van der Waals surface area (Å²) >= 11 is 0. The Morgan fingerprint density at radius 3 is 2.64 bits per heavy atom. The number of rotatable bonds is 4. The third-order valence-corrected chi connectivity index (χ3v) is 6.10. The van der Waals surface area contributed by atoms with Gasteiger partial charge in [-0.05, 0) is 62.9 Å². The fourth-order valence-electron chi connectivity index (χ4n) is 4.35. The first-order valence-electron chi connectivity index (χ1n) is 10.4. The van der Waals surface area contributed by atoms with E-state index in [0.29, 0.717) is 18.7 Å². The van der Waals surface area contributed by atoms with Crippen LogP contribution in [0.3, 0.4) is 0 Å². The highest BCUT2D eigenvalue weighted by Crippen LogP contribution is 2.30. The molecule has 1 aromatic carbocycles. The van der Waals surface area contributed by atoms with Gasteiger partial charge in [0.1, 0.15) is 0 Å². The average Bonchev–Trinajstić information content (AvgIpc) is 3.11. The Labute approximate surface area is 165 Å². The molecule has 0 bridgehead atoms. The first-order chi connectivity index (χ1) is 13.6. The summed E-state index contributed by atoms with van der Waals surface area (Å²) < 4.78 is 5.52. The molecule has 28 heavy (non-hydrogen) atoms. The quantitative estimate of drug-likeness (QED) is 0.825. The number of H-pyrrole nitrogens is 1. The standard InChI is InChI=1S/C22H29N3O3/c1-3-24-10-12-25(13-11-24)21(26)15(2)28-22(27)16-8-9-20-18(14-16)17-6-4-5-7-19(17)23-20/h8-9,14-15,23H,3-7,10-13H2,1-2H3/t15-/m1/s1. The lowest BCUT2D eigenvalue weighted by Gasteiger charge is -2.35. The molecule has 1 saturated heterocycles. The first-order valence-corrected chi connectivity index (χ1v) is 10.4.